The third-order valence-corrected chi connectivity index (χ3v) is 2.01. The Morgan fingerprint density at radius 1 is 1.53 bits per heavy atom. The maximum absolute atomic E-state index is 5.40. The molecule has 0 radical (unpaired) electrons. The van der Waals surface area contributed by atoms with E-state index in [1.165, 1.54) is 0 Å². The molecule has 76 valence electrons. The number of aromatic nitrogens is 4. The van der Waals surface area contributed by atoms with E-state index in [2.05, 4.69) is 15.1 Å². The van der Waals surface area contributed by atoms with Gasteiger partial charge in [0, 0.05) is 12.4 Å². The minimum atomic E-state index is 0.208. The second kappa shape index (κ2) is 4.14. The molecule has 0 saturated carbocycles. The summed E-state index contributed by atoms with van der Waals surface area (Å²) in [5, 5.41) is 4.12. The Hall–Kier alpha value is -1.82. The maximum Gasteiger partial charge on any atom is 0.208 e. The molecule has 0 aliphatic carbocycles. The van der Waals surface area contributed by atoms with Crippen molar-refractivity contribution in [2.24, 2.45) is 5.73 Å². The molecule has 0 amide bonds. The zero-order valence-corrected chi connectivity index (χ0v) is 8.68. The molecular weight excluding hydrogens is 210 g/mol. The molecule has 0 atom stereocenters. The topological polar surface area (TPSA) is 69.6 Å². The van der Waals surface area contributed by atoms with Crippen LogP contribution in [0.2, 0.25) is 0 Å². The highest BCUT2D eigenvalue weighted by molar-refractivity contribution is 7.80. The highest BCUT2D eigenvalue weighted by Crippen LogP contribution is 1.99. The summed E-state index contributed by atoms with van der Waals surface area (Å²) in [5.74, 6) is 0.397. The van der Waals surface area contributed by atoms with Gasteiger partial charge in [-0.1, -0.05) is 18.3 Å². The summed E-state index contributed by atoms with van der Waals surface area (Å²) in [6.45, 7) is 0.615. The lowest BCUT2D eigenvalue weighted by Gasteiger charge is -1.98. The first kappa shape index (κ1) is 9.72. The van der Waals surface area contributed by atoms with Gasteiger partial charge >= 0.3 is 0 Å². The predicted molar refractivity (Wildman–Crippen MR) is 59.2 cm³/mol. The number of rotatable bonds is 3. The molecule has 15 heavy (non-hydrogen) atoms. The van der Waals surface area contributed by atoms with Crippen LogP contribution in [0.1, 0.15) is 11.4 Å². The first-order valence-electron chi connectivity index (χ1n) is 4.34. The second-order valence-corrected chi connectivity index (χ2v) is 3.43. The van der Waals surface area contributed by atoms with Gasteiger partial charge in [0.2, 0.25) is 5.82 Å². The van der Waals surface area contributed by atoms with Gasteiger partial charge in [-0.15, -0.1) is 5.10 Å². The number of hydrogen-bond acceptors (Lipinski definition) is 4. The molecule has 0 aromatic carbocycles. The molecule has 0 aliphatic rings. The number of nitrogens with two attached hydrogens (primary N) is 1. The van der Waals surface area contributed by atoms with Crippen molar-refractivity contribution in [2.45, 2.75) is 6.54 Å². The Kier molecular flexibility index (Phi) is 2.68. The van der Waals surface area contributed by atoms with Crippen LogP contribution in [0.25, 0.3) is 0 Å². The van der Waals surface area contributed by atoms with Crippen LogP contribution in [-0.2, 0) is 6.54 Å². The van der Waals surface area contributed by atoms with Crippen molar-refractivity contribution < 1.29 is 0 Å². The number of pyridine rings is 1. The molecule has 0 spiro atoms. The van der Waals surface area contributed by atoms with Gasteiger partial charge < -0.3 is 5.73 Å². The SMILES string of the molecule is NC(=S)c1ncn(Cc2cccnc2)n1. The molecule has 5 nitrogen and oxygen atoms in total. The molecule has 0 bridgehead atoms. The highest BCUT2D eigenvalue weighted by atomic mass is 32.1. The van der Waals surface area contributed by atoms with E-state index in [-0.39, 0.29) is 4.99 Å². The minimum Gasteiger partial charge on any atom is -0.387 e. The van der Waals surface area contributed by atoms with Gasteiger partial charge in [0.25, 0.3) is 0 Å². The van der Waals surface area contributed by atoms with Crippen molar-refractivity contribution in [1.82, 2.24) is 19.7 Å². The molecule has 2 N–H and O–H groups in total. The predicted octanol–water partition coefficient (Wildman–Crippen LogP) is 0.356. The zero-order valence-electron chi connectivity index (χ0n) is 7.87. The highest BCUT2D eigenvalue weighted by Gasteiger charge is 2.03. The van der Waals surface area contributed by atoms with E-state index in [1.54, 1.807) is 23.4 Å². The fourth-order valence-electron chi connectivity index (χ4n) is 1.16. The molecule has 0 fully saturated rings. The van der Waals surface area contributed by atoms with Crippen LogP contribution >= 0.6 is 12.2 Å². The molecule has 6 heteroatoms. The van der Waals surface area contributed by atoms with Gasteiger partial charge in [0.15, 0.2) is 0 Å². The number of nitrogens with zero attached hydrogens (tertiary/aromatic N) is 4. The Morgan fingerprint density at radius 2 is 2.40 bits per heavy atom. The molecule has 2 aromatic rings. The molecule has 0 saturated heterocycles. The zero-order chi connectivity index (χ0) is 10.7. The Bertz CT molecular complexity index is 464. The van der Waals surface area contributed by atoms with E-state index in [0.717, 1.165) is 5.56 Å². The van der Waals surface area contributed by atoms with Crippen molar-refractivity contribution in [1.29, 1.82) is 0 Å². The summed E-state index contributed by atoms with van der Waals surface area (Å²) < 4.78 is 1.67. The van der Waals surface area contributed by atoms with Crippen LogP contribution in [0, 0.1) is 0 Å². The first-order valence-corrected chi connectivity index (χ1v) is 4.74. The lowest BCUT2D eigenvalue weighted by Crippen LogP contribution is -2.12. The lowest BCUT2D eigenvalue weighted by atomic mass is 10.3. The van der Waals surface area contributed by atoms with Crippen molar-refractivity contribution in [3.8, 4) is 0 Å². The van der Waals surface area contributed by atoms with Crippen LogP contribution < -0.4 is 5.73 Å². The third kappa shape index (κ3) is 2.35. The van der Waals surface area contributed by atoms with E-state index < -0.39 is 0 Å². The van der Waals surface area contributed by atoms with Gasteiger partial charge in [-0.3, -0.25) is 4.98 Å². The third-order valence-electron chi connectivity index (χ3n) is 1.82. The summed E-state index contributed by atoms with van der Waals surface area (Å²) in [6, 6.07) is 3.84. The Labute approximate surface area is 92.0 Å². The average Bonchev–Trinajstić information content (AvgIpc) is 2.68. The summed E-state index contributed by atoms with van der Waals surface area (Å²) >= 11 is 4.77. The lowest BCUT2D eigenvalue weighted by molar-refractivity contribution is 0.681. The quantitative estimate of drug-likeness (QED) is 0.755. The fourth-order valence-corrected chi connectivity index (χ4v) is 1.26. The Morgan fingerprint density at radius 3 is 3.00 bits per heavy atom. The van der Waals surface area contributed by atoms with E-state index in [4.69, 9.17) is 18.0 Å². The van der Waals surface area contributed by atoms with Crippen molar-refractivity contribution in [3.63, 3.8) is 0 Å². The molecule has 2 aromatic heterocycles. The summed E-state index contributed by atoms with van der Waals surface area (Å²) in [4.78, 5) is 8.20. The van der Waals surface area contributed by atoms with Crippen molar-refractivity contribution >= 4 is 17.2 Å². The standard InChI is InChI=1S/C9H9N5S/c10-8(15)9-12-6-14(13-9)5-7-2-1-3-11-4-7/h1-4,6H,5H2,(H2,10,15). The van der Waals surface area contributed by atoms with Crippen LogP contribution in [-0.4, -0.2) is 24.7 Å². The summed E-state index contributed by atoms with van der Waals surface area (Å²) in [7, 11) is 0. The van der Waals surface area contributed by atoms with E-state index >= 15 is 0 Å². The van der Waals surface area contributed by atoms with Crippen LogP contribution in [0.4, 0.5) is 0 Å². The number of hydrogen-bond donors (Lipinski definition) is 1. The molecule has 2 rings (SSSR count). The monoisotopic (exact) mass is 219 g/mol. The average molecular weight is 219 g/mol. The van der Waals surface area contributed by atoms with Crippen LogP contribution in [0.15, 0.2) is 30.9 Å². The molecule has 0 unspecified atom stereocenters. The van der Waals surface area contributed by atoms with Crippen molar-refractivity contribution in [3.05, 3.63) is 42.2 Å². The normalized spacial score (nSPS) is 10.1. The molecule has 2 heterocycles. The second-order valence-electron chi connectivity index (χ2n) is 2.99. The Balaban J connectivity index is 2.15. The van der Waals surface area contributed by atoms with Crippen molar-refractivity contribution in [2.75, 3.05) is 0 Å². The molecule has 0 aliphatic heterocycles. The molecular formula is C9H9N5S. The maximum atomic E-state index is 5.40. The number of thiocarbonyl (C=S) groups is 1. The first-order chi connectivity index (χ1) is 7.25. The largest absolute Gasteiger partial charge is 0.387 e. The minimum absolute atomic E-state index is 0.208. The van der Waals surface area contributed by atoms with Gasteiger partial charge in [-0.05, 0) is 11.6 Å². The van der Waals surface area contributed by atoms with Gasteiger partial charge in [-0.2, -0.15) is 0 Å². The van der Waals surface area contributed by atoms with E-state index in [9.17, 15) is 0 Å². The van der Waals surface area contributed by atoms with Gasteiger partial charge in [-0.25, -0.2) is 9.67 Å². The van der Waals surface area contributed by atoms with Crippen LogP contribution in [0.3, 0.4) is 0 Å². The smallest absolute Gasteiger partial charge is 0.208 e. The van der Waals surface area contributed by atoms with E-state index in [1.807, 2.05) is 12.1 Å². The van der Waals surface area contributed by atoms with Crippen LogP contribution in [0.5, 0.6) is 0 Å². The fraction of sp³-hybridized carbons (Fsp3) is 0.111. The summed E-state index contributed by atoms with van der Waals surface area (Å²) in [6.07, 6.45) is 5.11. The summed E-state index contributed by atoms with van der Waals surface area (Å²) in [5.41, 5.74) is 6.45. The van der Waals surface area contributed by atoms with Gasteiger partial charge in [0.1, 0.15) is 11.3 Å². The van der Waals surface area contributed by atoms with Gasteiger partial charge in [0.05, 0.1) is 6.54 Å². The van der Waals surface area contributed by atoms with E-state index in [0.29, 0.717) is 12.4 Å².